The number of benzene rings is 2. The highest BCUT2D eigenvalue weighted by molar-refractivity contribution is 6.30. The number of unbranched alkanes of at least 4 members (excludes halogenated alkanes) is 1. The van der Waals surface area contributed by atoms with E-state index in [1.165, 1.54) is 0 Å². The van der Waals surface area contributed by atoms with Gasteiger partial charge in [-0.2, -0.15) is 0 Å². The Morgan fingerprint density at radius 3 is 1.43 bits per heavy atom. The van der Waals surface area contributed by atoms with Crippen LogP contribution in [0.15, 0.2) is 60.9 Å². The van der Waals surface area contributed by atoms with Crippen molar-refractivity contribution in [1.82, 2.24) is 19.9 Å². The maximum absolute atomic E-state index is 5.93. The molecule has 0 fully saturated rings. The number of hydrogen-bond acceptors (Lipinski definition) is 4. The minimum absolute atomic E-state index is 0.723. The molecule has 0 bridgehead atoms. The van der Waals surface area contributed by atoms with Crippen molar-refractivity contribution >= 4 is 35.1 Å². The molecule has 4 rings (SSSR count). The van der Waals surface area contributed by atoms with Crippen LogP contribution in [0.25, 0.3) is 22.5 Å². The number of imidazole rings is 2. The molecule has 0 saturated heterocycles. The lowest BCUT2D eigenvalue weighted by Crippen LogP contribution is -2.07. The minimum atomic E-state index is 0.723. The molecule has 30 heavy (non-hydrogen) atoms. The average molecular weight is 441 g/mol. The third-order valence-electron chi connectivity index (χ3n) is 4.65. The van der Waals surface area contributed by atoms with Gasteiger partial charge in [0.1, 0.15) is 0 Å². The Kier molecular flexibility index (Phi) is 6.57. The number of nitrogens with zero attached hydrogens (tertiary/aromatic N) is 2. The molecule has 0 unspecified atom stereocenters. The highest BCUT2D eigenvalue weighted by Gasteiger charge is 2.04. The van der Waals surface area contributed by atoms with Gasteiger partial charge in [0.05, 0.1) is 23.8 Å². The first kappa shape index (κ1) is 20.3. The molecular formula is C22H22Cl2N6. The Labute approximate surface area is 185 Å². The number of aromatic nitrogens is 4. The highest BCUT2D eigenvalue weighted by atomic mass is 35.5. The van der Waals surface area contributed by atoms with Crippen LogP contribution in [0, 0.1) is 0 Å². The van der Waals surface area contributed by atoms with E-state index < -0.39 is 0 Å². The predicted octanol–water partition coefficient (Wildman–Crippen LogP) is 6.08. The first-order valence-electron chi connectivity index (χ1n) is 9.77. The van der Waals surface area contributed by atoms with E-state index >= 15 is 0 Å². The molecule has 0 aliphatic rings. The van der Waals surface area contributed by atoms with Gasteiger partial charge in [0.25, 0.3) is 0 Å². The van der Waals surface area contributed by atoms with E-state index in [4.69, 9.17) is 23.2 Å². The molecule has 2 aromatic carbocycles. The van der Waals surface area contributed by atoms with E-state index in [2.05, 4.69) is 30.6 Å². The zero-order valence-corrected chi connectivity index (χ0v) is 17.8. The predicted molar refractivity (Wildman–Crippen MR) is 124 cm³/mol. The number of anilines is 2. The summed E-state index contributed by atoms with van der Waals surface area (Å²) in [5, 5.41) is 8.09. The second kappa shape index (κ2) is 9.69. The van der Waals surface area contributed by atoms with Crippen molar-refractivity contribution in [2.75, 3.05) is 23.7 Å². The zero-order valence-electron chi connectivity index (χ0n) is 16.3. The Hall–Kier alpha value is -2.96. The van der Waals surface area contributed by atoms with E-state index in [0.29, 0.717) is 0 Å². The molecule has 0 aliphatic heterocycles. The van der Waals surface area contributed by atoms with Crippen LogP contribution in [0.1, 0.15) is 12.8 Å². The molecule has 2 aromatic heterocycles. The van der Waals surface area contributed by atoms with Gasteiger partial charge < -0.3 is 20.6 Å². The Morgan fingerprint density at radius 1 is 0.633 bits per heavy atom. The lowest BCUT2D eigenvalue weighted by Gasteiger charge is -2.05. The van der Waals surface area contributed by atoms with Crippen LogP contribution in [0.4, 0.5) is 11.9 Å². The van der Waals surface area contributed by atoms with Crippen molar-refractivity contribution in [2.45, 2.75) is 12.8 Å². The fraction of sp³-hybridized carbons (Fsp3) is 0.182. The third-order valence-corrected chi connectivity index (χ3v) is 5.15. The first-order chi connectivity index (χ1) is 14.7. The maximum Gasteiger partial charge on any atom is 0.200 e. The van der Waals surface area contributed by atoms with Gasteiger partial charge in [0.15, 0.2) is 0 Å². The quantitative estimate of drug-likeness (QED) is 0.237. The molecule has 154 valence electrons. The molecule has 0 spiro atoms. The normalized spacial score (nSPS) is 10.9. The van der Waals surface area contributed by atoms with Crippen LogP contribution >= 0.6 is 23.2 Å². The summed E-state index contributed by atoms with van der Waals surface area (Å²) < 4.78 is 0. The zero-order chi connectivity index (χ0) is 20.8. The lowest BCUT2D eigenvalue weighted by atomic mass is 10.2. The summed E-state index contributed by atoms with van der Waals surface area (Å²) in [5.74, 6) is 1.54. The molecule has 8 heteroatoms. The van der Waals surface area contributed by atoms with Gasteiger partial charge in [-0.25, -0.2) is 9.97 Å². The topological polar surface area (TPSA) is 81.4 Å². The van der Waals surface area contributed by atoms with Gasteiger partial charge >= 0.3 is 0 Å². The van der Waals surface area contributed by atoms with Crippen LogP contribution in [0.3, 0.4) is 0 Å². The monoisotopic (exact) mass is 440 g/mol. The van der Waals surface area contributed by atoms with Crippen molar-refractivity contribution in [3.8, 4) is 22.5 Å². The van der Waals surface area contributed by atoms with Crippen LogP contribution in [-0.2, 0) is 0 Å². The highest BCUT2D eigenvalue weighted by Crippen LogP contribution is 2.22. The first-order valence-corrected chi connectivity index (χ1v) is 10.5. The summed E-state index contributed by atoms with van der Waals surface area (Å²) in [6, 6.07) is 15.4. The SMILES string of the molecule is Clc1ccc(-c2cnc(NCCCCNc3ncc(-c4ccc(Cl)cc4)[nH]3)[nH]2)cc1. The molecular weight excluding hydrogens is 419 g/mol. The van der Waals surface area contributed by atoms with E-state index in [9.17, 15) is 0 Å². The molecule has 0 atom stereocenters. The largest absolute Gasteiger partial charge is 0.356 e. The Balaban J connectivity index is 1.17. The number of H-pyrrole nitrogens is 2. The van der Waals surface area contributed by atoms with Gasteiger partial charge in [0, 0.05) is 23.1 Å². The van der Waals surface area contributed by atoms with Crippen molar-refractivity contribution < 1.29 is 0 Å². The third kappa shape index (κ3) is 5.34. The minimum Gasteiger partial charge on any atom is -0.356 e. The summed E-state index contributed by atoms with van der Waals surface area (Å²) in [6.45, 7) is 1.67. The summed E-state index contributed by atoms with van der Waals surface area (Å²) in [4.78, 5) is 15.3. The van der Waals surface area contributed by atoms with E-state index in [1.54, 1.807) is 0 Å². The van der Waals surface area contributed by atoms with Crippen LogP contribution in [0.5, 0.6) is 0 Å². The smallest absolute Gasteiger partial charge is 0.200 e. The van der Waals surface area contributed by atoms with Crippen molar-refractivity contribution in [3.63, 3.8) is 0 Å². The van der Waals surface area contributed by atoms with E-state index in [0.717, 1.165) is 70.4 Å². The van der Waals surface area contributed by atoms with Gasteiger partial charge in [-0.3, -0.25) is 0 Å². The van der Waals surface area contributed by atoms with Gasteiger partial charge in [-0.1, -0.05) is 47.5 Å². The molecule has 0 amide bonds. The second-order valence-electron chi connectivity index (χ2n) is 6.87. The second-order valence-corrected chi connectivity index (χ2v) is 7.74. The molecule has 4 aromatic rings. The van der Waals surface area contributed by atoms with Crippen LogP contribution < -0.4 is 10.6 Å². The number of halogens is 2. The fourth-order valence-corrected chi connectivity index (χ4v) is 3.29. The molecule has 0 radical (unpaired) electrons. The van der Waals surface area contributed by atoms with Gasteiger partial charge in [0.2, 0.25) is 11.9 Å². The maximum atomic E-state index is 5.93. The summed E-state index contributed by atoms with van der Waals surface area (Å²) in [5.41, 5.74) is 4.04. The molecule has 6 nitrogen and oxygen atoms in total. The van der Waals surface area contributed by atoms with Crippen molar-refractivity contribution in [2.24, 2.45) is 0 Å². The standard InChI is InChI=1S/C22H22Cl2N6/c23-17-7-3-15(4-8-17)19-13-27-21(29-19)25-11-1-2-12-26-22-28-14-20(30-22)16-5-9-18(24)10-6-16/h3-10,13-14H,1-2,11-12H2,(H2,25,27,29)(H2,26,28,30). The fourth-order valence-electron chi connectivity index (χ4n) is 3.04. The molecule has 0 saturated carbocycles. The summed E-state index contributed by atoms with van der Waals surface area (Å²) >= 11 is 11.9. The molecule has 4 N–H and O–H groups in total. The number of aromatic amines is 2. The van der Waals surface area contributed by atoms with Crippen molar-refractivity contribution in [3.05, 3.63) is 71.0 Å². The van der Waals surface area contributed by atoms with Crippen LogP contribution in [0.2, 0.25) is 10.0 Å². The molecule has 0 aliphatic carbocycles. The van der Waals surface area contributed by atoms with Gasteiger partial charge in [-0.15, -0.1) is 0 Å². The number of hydrogen-bond donors (Lipinski definition) is 4. The summed E-state index contributed by atoms with van der Waals surface area (Å²) in [7, 11) is 0. The Morgan fingerprint density at radius 2 is 1.03 bits per heavy atom. The Bertz CT molecular complexity index is 982. The summed E-state index contributed by atoms with van der Waals surface area (Å²) in [6.07, 6.45) is 5.66. The molecule has 2 heterocycles. The lowest BCUT2D eigenvalue weighted by molar-refractivity contribution is 0.788. The van der Waals surface area contributed by atoms with Crippen molar-refractivity contribution in [1.29, 1.82) is 0 Å². The van der Waals surface area contributed by atoms with E-state index in [1.807, 2.05) is 60.9 Å². The number of rotatable bonds is 9. The van der Waals surface area contributed by atoms with E-state index in [-0.39, 0.29) is 0 Å². The van der Waals surface area contributed by atoms with Crippen LogP contribution in [-0.4, -0.2) is 33.0 Å². The number of nitrogens with one attached hydrogen (secondary N) is 4. The average Bonchev–Trinajstić information content (AvgIpc) is 3.42. The van der Waals surface area contributed by atoms with Gasteiger partial charge in [-0.05, 0) is 48.2 Å².